The Hall–Kier alpha value is -1.89. The molecule has 0 saturated carbocycles. The average molecular weight is 305 g/mol. The number of imidazole rings is 1. The molecule has 7 nitrogen and oxygen atoms in total. The van der Waals surface area contributed by atoms with Gasteiger partial charge in [-0.1, -0.05) is 6.92 Å². The molecule has 0 aromatic carbocycles. The quantitative estimate of drug-likeness (QED) is 0.898. The normalized spacial score (nSPS) is 19.9. The fraction of sp³-hybridized carbons (Fsp3) is 0.667. The molecule has 3 rings (SSSR count). The number of fused-ring (bicyclic) bond motifs is 1. The predicted molar refractivity (Wildman–Crippen MR) is 85.3 cm³/mol. The van der Waals surface area contributed by atoms with Gasteiger partial charge in [-0.05, 0) is 32.7 Å². The summed E-state index contributed by atoms with van der Waals surface area (Å²) in [5, 5.41) is 3.43. The SMILES string of the molecule is CCC(C)n1c(=O)n(C)c(=O)c2c1ncn2CC1CCCN1. The van der Waals surface area contributed by atoms with Crippen LogP contribution in [-0.2, 0) is 13.6 Å². The van der Waals surface area contributed by atoms with Gasteiger partial charge in [0.15, 0.2) is 11.2 Å². The molecule has 120 valence electrons. The average Bonchev–Trinajstić information content (AvgIpc) is 3.15. The maximum atomic E-state index is 12.5. The van der Waals surface area contributed by atoms with Crippen LogP contribution in [0.2, 0.25) is 0 Å². The second kappa shape index (κ2) is 5.72. The zero-order valence-electron chi connectivity index (χ0n) is 13.4. The van der Waals surface area contributed by atoms with E-state index in [4.69, 9.17) is 0 Å². The monoisotopic (exact) mass is 305 g/mol. The van der Waals surface area contributed by atoms with E-state index in [9.17, 15) is 9.59 Å². The second-order valence-electron chi connectivity index (χ2n) is 6.14. The molecule has 2 unspecified atom stereocenters. The first-order valence-electron chi connectivity index (χ1n) is 7.94. The molecule has 0 bridgehead atoms. The first-order valence-corrected chi connectivity index (χ1v) is 7.94. The lowest BCUT2D eigenvalue weighted by molar-refractivity contribution is 0.496. The fourth-order valence-corrected chi connectivity index (χ4v) is 3.13. The molecule has 2 atom stereocenters. The lowest BCUT2D eigenvalue weighted by Gasteiger charge is -2.16. The van der Waals surface area contributed by atoms with Crippen LogP contribution in [0, 0.1) is 0 Å². The van der Waals surface area contributed by atoms with E-state index >= 15 is 0 Å². The van der Waals surface area contributed by atoms with Crippen LogP contribution in [0.15, 0.2) is 15.9 Å². The molecule has 1 saturated heterocycles. The van der Waals surface area contributed by atoms with E-state index < -0.39 is 0 Å². The van der Waals surface area contributed by atoms with Crippen molar-refractivity contribution in [2.75, 3.05) is 6.54 Å². The Balaban J connectivity index is 2.19. The summed E-state index contributed by atoms with van der Waals surface area (Å²) in [6, 6.07) is 0.376. The van der Waals surface area contributed by atoms with E-state index in [0.29, 0.717) is 23.8 Å². The number of rotatable bonds is 4. The van der Waals surface area contributed by atoms with Crippen molar-refractivity contribution in [1.82, 2.24) is 24.0 Å². The van der Waals surface area contributed by atoms with Gasteiger partial charge in [0.2, 0.25) is 0 Å². The number of aromatic nitrogens is 4. The Morgan fingerprint density at radius 2 is 2.23 bits per heavy atom. The summed E-state index contributed by atoms with van der Waals surface area (Å²) in [4.78, 5) is 29.3. The molecule has 0 amide bonds. The minimum atomic E-state index is -0.295. The molecule has 2 aromatic rings. The fourth-order valence-electron chi connectivity index (χ4n) is 3.13. The third-order valence-corrected chi connectivity index (χ3v) is 4.66. The molecule has 22 heavy (non-hydrogen) atoms. The maximum absolute atomic E-state index is 12.5. The van der Waals surface area contributed by atoms with Crippen LogP contribution in [0.4, 0.5) is 0 Å². The molecule has 1 N–H and O–H groups in total. The first-order chi connectivity index (χ1) is 10.5. The van der Waals surface area contributed by atoms with Gasteiger partial charge in [0.1, 0.15) is 0 Å². The molecule has 1 fully saturated rings. The van der Waals surface area contributed by atoms with E-state index in [1.807, 2.05) is 18.4 Å². The molecular formula is C15H23N5O2. The first kappa shape index (κ1) is 15.0. The topological polar surface area (TPSA) is 73.8 Å². The van der Waals surface area contributed by atoms with Crippen LogP contribution in [0.1, 0.15) is 39.2 Å². The van der Waals surface area contributed by atoms with Crippen molar-refractivity contribution in [3.05, 3.63) is 27.2 Å². The van der Waals surface area contributed by atoms with Gasteiger partial charge in [0, 0.05) is 25.7 Å². The standard InChI is InChI=1S/C15H23N5O2/c1-4-10(2)20-13-12(14(21)18(3)15(20)22)19(9-17-13)8-11-6-5-7-16-11/h9-11,16H,4-8H2,1-3H3. The number of hydrogen-bond donors (Lipinski definition) is 1. The second-order valence-corrected chi connectivity index (χ2v) is 6.14. The summed E-state index contributed by atoms with van der Waals surface area (Å²) in [6.07, 6.45) is 4.76. The molecule has 1 aliphatic heterocycles. The van der Waals surface area contributed by atoms with E-state index in [1.165, 1.54) is 11.6 Å². The van der Waals surface area contributed by atoms with E-state index in [2.05, 4.69) is 10.3 Å². The molecule has 7 heteroatoms. The van der Waals surface area contributed by atoms with Crippen molar-refractivity contribution in [3.63, 3.8) is 0 Å². The van der Waals surface area contributed by atoms with Crippen molar-refractivity contribution >= 4 is 11.2 Å². The van der Waals surface area contributed by atoms with Crippen LogP contribution in [0.3, 0.4) is 0 Å². The van der Waals surface area contributed by atoms with Crippen LogP contribution < -0.4 is 16.6 Å². The largest absolute Gasteiger partial charge is 0.332 e. The molecule has 1 aliphatic rings. The third-order valence-electron chi connectivity index (χ3n) is 4.66. The Labute approximate surface area is 128 Å². The van der Waals surface area contributed by atoms with Gasteiger partial charge in [-0.15, -0.1) is 0 Å². The van der Waals surface area contributed by atoms with Gasteiger partial charge in [0.05, 0.1) is 6.33 Å². The Morgan fingerprint density at radius 3 is 2.86 bits per heavy atom. The number of hydrogen-bond acceptors (Lipinski definition) is 4. The highest BCUT2D eigenvalue weighted by molar-refractivity contribution is 5.70. The lowest BCUT2D eigenvalue weighted by Crippen LogP contribution is -2.40. The Morgan fingerprint density at radius 1 is 1.45 bits per heavy atom. The summed E-state index contributed by atoms with van der Waals surface area (Å²) in [5.41, 5.74) is 0.461. The Kier molecular flexibility index (Phi) is 3.90. The molecule has 0 aliphatic carbocycles. The molecule has 0 radical (unpaired) electrons. The molecular weight excluding hydrogens is 282 g/mol. The van der Waals surface area contributed by atoms with Crippen molar-refractivity contribution < 1.29 is 0 Å². The highest BCUT2D eigenvalue weighted by Gasteiger charge is 2.21. The van der Waals surface area contributed by atoms with Crippen molar-refractivity contribution in [2.24, 2.45) is 7.05 Å². The Bertz CT molecular complexity index is 795. The highest BCUT2D eigenvalue weighted by atomic mass is 16.2. The van der Waals surface area contributed by atoms with Gasteiger partial charge in [-0.25, -0.2) is 9.78 Å². The number of nitrogens with one attached hydrogen (secondary N) is 1. The van der Waals surface area contributed by atoms with Crippen LogP contribution in [-0.4, -0.2) is 31.3 Å². The van der Waals surface area contributed by atoms with Crippen molar-refractivity contribution in [1.29, 1.82) is 0 Å². The van der Waals surface area contributed by atoms with E-state index in [-0.39, 0.29) is 17.3 Å². The van der Waals surface area contributed by atoms with E-state index in [0.717, 1.165) is 25.8 Å². The molecule has 3 heterocycles. The summed E-state index contributed by atoms with van der Waals surface area (Å²) in [6.45, 7) is 5.73. The number of nitrogens with zero attached hydrogens (tertiary/aromatic N) is 4. The smallest absolute Gasteiger partial charge is 0.323 e. The minimum absolute atomic E-state index is 0.00903. The van der Waals surface area contributed by atoms with Gasteiger partial charge in [-0.3, -0.25) is 13.9 Å². The zero-order chi connectivity index (χ0) is 15.9. The predicted octanol–water partition coefficient (Wildman–Crippen LogP) is 0.620. The lowest BCUT2D eigenvalue weighted by atomic mass is 10.2. The third kappa shape index (κ3) is 2.29. The van der Waals surface area contributed by atoms with Gasteiger partial charge in [0.25, 0.3) is 5.56 Å². The van der Waals surface area contributed by atoms with E-state index in [1.54, 1.807) is 10.9 Å². The highest BCUT2D eigenvalue weighted by Crippen LogP contribution is 2.16. The van der Waals surface area contributed by atoms with Crippen LogP contribution in [0.5, 0.6) is 0 Å². The summed E-state index contributed by atoms with van der Waals surface area (Å²) < 4.78 is 4.71. The summed E-state index contributed by atoms with van der Waals surface area (Å²) >= 11 is 0. The van der Waals surface area contributed by atoms with Crippen LogP contribution >= 0.6 is 0 Å². The van der Waals surface area contributed by atoms with Crippen LogP contribution in [0.25, 0.3) is 11.2 Å². The van der Waals surface area contributed by atoms with Gasteiger partial charge < -0.3 is 9.88 Å². The minimum Gasteiger partial charge on any atom is -0.323 e. The summed E-state index contributed by atoms with van der Waals surface area (Å²) in [5.74, 6) is 0. The zero-order valence-corrected chi connectivity index (χ0v) is 13.4. The maximum Gasteiger partial charge on any atom is 0.332 e. The van der Waals surface area contributed by atoms with Crippen molar-refractivity contribution in [2.45, 2.75) is 51.7 Å². The molecule has 0 spiro atoms. The summed E-state index contributed by atoms with van der Waals surface area (Å²) in [7, 11) is 1.54. The van der Waals surface area contributed by atoms with Gasteiger partial charge in [-0.2, -0.15) is 0 Å². The molecule has 2 aromatic heterocycles. The van der Waals surface area contributed by atoms with Crippen molar-refractivity contribution in [3.8, 4) is 0 Å². The van der Waals surface area contributed by atoms with Gasteiger partial charge >= 0.3 is 5.69 Å².